The summed E-state index contributed by atoms with van der Waals surface area (Å²) in [5.41, 5.74) is 1.12. The van der Waals surface area contributed by atoms with E-state index in [0.29, 0.717) is 25.1 Å². The number of carbonyl (C=O) groups is 3. The highest BCUT2D eigenvalue weighted by Gasteiger charge is 2.46. The number of benzene rings is 1. The van der Waals surface area contributed by atoms with E-state index in [1.807, 2.05) is 6.92 Å². The number of anilines is 1. The molecule has 3 N–H and O–H groups in total. The largest absolute Gasteiger partial charge is 0.343 e. The van der Waals surface area contributed by atoms with E-state index in [1.165, 1.54) is 12.1 Å². The molecule has 0 radical (unpaired) electrons. The van der Waals surface area contributed by atoms with Crippen LogP contribution in [0, 0.1) is 12.7 Å². The molecule has 0 bridgehead atoms. The first kappa shape index (κ1) is 18.2. The maximum atomic E-state index is 13.3. The first-order valence-corrected chi connectivity index (χ1v) is 8.83. The van der Waals surface area contributed by atoms with E-state index >= 15 is 0 Å². The molecule has 2 fully saturated rings. The second kappa shape index (κ2) is 7.31. The quantitative estimate of drug-likeness (QED) is 0.759. The van der Waals surface area contributed by atoms with Gasteiger partial charge < -0.3 is 20.9 Å². The number of hydrogen-bond acceptors (Lipinski definition) is 3. The molecule has 0 aromatic heterocycles. The topological polar surface area (TPSA) is 90.5 Å². The Morgan fingerprint density at radius 1 is 1.38 bits per heavy atom. The highest BCUT2D eigenvalue weighted by Crippen LogP contribution is 2.24. The Kier molecular flexibility index (Phi) is 5.11. The third-order valence-electron chi connectivity index (χ3n) is 4.86. The van der Waals surface area contributed by atoms with Crippen LogP contribution >= 0.6 is 0 Å². The Bertz CT molecular complexity index is 739. The molecule has 8 heteroatoms. The number of halogens is 1. The number of fused-ring (bicyclic) bond motifs is 1. The van der Waals surface area contributed by atoms with Gasteiger partial charge in [-0.05, 0) is 37.5 Å². The van der Waals surface area contributed by atoms with Crippen LogP contribution in [0.2, 0.25) is 0 Å². The highest BCUT2D eigenvalue weighted by molar-refractivity contribution is 5.98. The summed E-state index contributed by atoms with van der Waals surface area (Å²) in [5.74, 6) is -0.705. The Balaban J connectivity index is 1.62. The lowest BCUT2D eigenvalue weighted by molar-refractivity contribution is -0.147. The third kappa shape index (κ3) is 3.63. The number of aryl methyl sites for hydroxylation is 1. The molecule has 3 atom stereocenters. The van der Waals surface area contributed by atoms with E-state index in [9.17, 15) is 18.8 Å². The molecule has 2 heterocycles. The van der Waals surface area contributed by atoms with Crippen molar-refractivity contribution in [3.8, 4) is 0 Å². The van der Waals surface area contributed by atoms with Gasteiger partial charge >= 0.3 is 6.03 Å². The van der Waals surface area contributed by atoms with Crippen LogP contribution in [0.5, 0.6) is 0 Å². The number of nitrogens with zero attached hydrogens (tertiary/aromatic N) is 1. The van der Waals surface area contributed by atoms with E-state index in [0.717, 1.165) is 12.0 Å². The van der Waals surface area contributed by atoms with Crippen LogP contribution in [0.15, 0.2) is 18.2 Å². The maximum Gasteiger partial charge on any atom is 0.319 e. The van der Waals surface area contributed by atoms with Gasteiger partial charge in [0.1, 0.15) is 17.9 Å². The lowest BCUT2D eigenvalue weighted by Crippen LogP contribution is -2.61. The molecule has 2 saturated heterocycles. The number of rotatable bonds is 4. The molecule has 1 aromatic carbocycles. The van der Waals surface area contributed by atoms with Crippen molar-refractivity contribution in [3.63, 3.8) is 0 Å². The predicted molar refractivity (Wildman–Crippen MR) is 94.0 cm³/mol. The monoisotopic (exact) mass is 362 g/mol. The summed E-state index contributed by atoms with van der Waals surface area (Å²) in [5, 5.41) is 8.15. The molecule has 0 spiro atoms. The summed E-state index contributed by atoms with van der Waals surface area (Å²) in [6.07, 6.45) is 1.77. The Morgan fingerprint density at radius 2 is 2.15 bits per heavy atom. The number of urea groups is 1. The summed E-state index contributed by atoms with van der Waals surface area (Å²) in [6.45, 7) is 4.02. The normalized spacial score (nSPS) is 24.9. The van der Waals surface area contributed by atoms with Crippen molar-refractivity contribution < 1.29 is 18.8 Å². The molecule has 4 amide bonds. The molecule has 26 heavy (non-hydrogen) atoms. The lowest BCUT2D eigenvalue weighted by Gasteiger charge is -2.34. The van der Waals surface area contributed by atoms with Crippen molar-refractivity contribution in [1.29, 1.82) is 0 Å². The molecule has 0 aliphatic carbocycles. The van der Waals surface area contributed by atoms with E-state index in [1.54, 1.807) is 17.9 Å². The van der Waals surface area contributed by atoms with Crippen LogP contribution < -0.4 is 16.0 Å². The van der Waals surface area contributed by atoms with E-state index < -0.39 is 23.9 Å². The fourth-order valence-corrected chi connectivity index (χ4v) is 3.52. The Labute approximate surface area is 151 Å². The number of carbonyl (C=O) groups excluding carboxylic acids is 3. The number of amides is 4. The third-order valence-corrected chi connectivity index (χ3v) is 4.86. The van der Waals surface area contributed by atoms with Gasteiger partial charge in [0.2, 0.25) is 11.8 Å². The fraction of sp³-hybridized carbons (Fsp3) is 0.500. The van der Waals surface area contributed by atoms with Crippen molar-refractivity contribution in [2.75, 3.05) is 11.9 Å². The molecular weight excluding hydrogens is 339 g/mol. The second-order valence-corrected chi connectivity index (χ2v) is 6.85. The van der Waals surface area contributed by atoms with Gasteiger partial charge in [-0.3, -0.25) is 9.59 Å². The van der Waals surface area contributed by atoms with Crippen LogP contribution in [0.25, 0.3) is 0 Å². The van der Waals surface area contributed by atoms with Crippen molar-refractivity contribution >= 4 is 23.5 Å². The van der Waals surface area contributed by atoms with Crippen molar-refractivity contribution in [2.45, 2.75) is 51.2 Å². The van der Waals surface area contributed by atoms with Crippen LogP contribution in [0.1, 0.15) is 31.7 Å². The van der Waals surface area contributed by atoms with Gasteiger partial charge in [0, 0.05) is 12.2 Å². The average Bonchev–Trinajstić information content (AvgIpc) is 3.00. The van der Waals surface area contributed by atoms with Crippen LogP contribution in [-0.2, 0) is 9.59 Å². The zero-order valence-electron chi connectivity index (χ0n) is 14.8. The average molecular weight is 362 g/mol. The Hall–Kier alpha value is -2.64. The smallest absolute Gasteiger partial charge is 0.319 e. The van der Waals surface area contributed by atoms with Crippen molar-refractivity contribution in [2.24, 2.45) is 0 Å². The number of nitrogens with one attached hydrogen (secondary N) is 3. The van der Waals surface area contributed by atoms with Crippen molar-refractivity contribution in [3.05, 3.63) is 29.6 Å². The SMILES string of the molecule is CCC[C@@H]1NC(=O)[C@@H]2C[C@H](NC(=O)Nc3cc(F)ccc3C)CN2C1=O. The summed E-state index contributed by atoms with van der Waals surface area (Å²) < 4.78 is 13.3. The number of hydrogen-bond donors (Lipinski definition) is 3. The van der Waals surface area contributed by atoms with E-state index in [2.05, 4.69) is 16.0 Å². The molecule has 1 aromatic rings. The van der Waals surface area contributed by atoms with Gasteiger partial charge in [0.15, 0.2) is 0 Å². The lowest BCUT2D eigenvalue weighted by atomic mass is 10.0. The van der Waals surface area contributed by atoms with Crippen LogP contribution in [0.4, 0.5) is 14.9 Å². The second-order valence-electron chi connectivity index (χ2n) is 6.85. The summed E-state index contributed by atoms with van der Waals surface area (Å²) in [4.78, 5) is 38.5. The summed E-state index contributed by atoms with van der Waals surface area (Å²) in [6, 6.07) is 2.31. The predicted octanol–water partition coefficient (Wildman–Crippen LogP) is 1.52. The minimum atomic E-state index is -0.545. The van der Waals surface area contributed by atoms with E-state index in [-0.39, 0.29) is 17.9 Å². The van der Waals surface area contributed by atoms with Gasteiger partial charge in [-0.1, -0.05) is 19.4 Å². The zero-order valence-corrected chi connectivity index (χ0v) is 14.8. The Morgan fingerprint density at radius 3 is 2.88 bits per heavy atom. The highest BCUT2D eigenvalue weighted by atomic mass is 19.1. The molecule has 7 nitrogen and oxygen atoms in total. The number of piperazine rings is 1. The first-order valence-electron chi connectivity index (χ1n) is 8.83. The molecule has 3 rings (SSSR count). The fourth-order valence-electron chi connectivity index (χ4n) is 3.52. The van der Waals surface area contributed by atoms with Gasteiger partial charge in [0.25, 0.3) is 0 Å². The van der Waals surface area contributed by atoms with Gasteiger partial charge in [-0.2, -0.15) is 0 Å². The van der Waals surface area contributed by atoms with Crippen molar-refractivity contribution in [1.82, 2.24) is 15.5 Å². The molecule has 0 saturated carbocycles. The standard InChI is InChI=1S/C18H23FN4O3/c1-3-4-13-17(25)23-9-12(8-15(23)16(24)21-13)20-18(26)22-14-7-11(19)6-5-10(14)2/h5-7,12-13,15H,3-4,8-9H2,1-2H3,(H,21,24)(H2,20,22,26)/t12-,13-,15-/m0/s1. The van der Waals surface area contributed by atoms with Gasteiger partial charge in [-0.25, -0.2) is 9.18 Å². The first-order chi connectivity index (χ1) is 12.4. The van der Waals surface area contributed by atoms with E-state index in [4.69, 9.17) is 0 Å². The summed E-state index contributed by atoms with van der Waals surface area (Å²) >= 11 is 0. The molecule has 140 valence electrons. The minimum absolute atomic E-state index is 0.0952. The molecule has 2 aliphatic rings. The van der Waals surface area contributed by atoms with Gasteiger partial charge in [0.05, 0.1) is 6.04 Å². The van der Waals surface area contributed by atoms with Crippen LogP contribution in [-0.4, -0.2) is 47.4 Å². The zero-order chi connectivity index (χ0) is 18.8. The summed E-state index contributed by atoms with van der Waals surface area (Å²) in [7, 11) is 0. The van der Waals surface area contributed by atoms with Crippen LogP contribution in [0.3, 0.4) is 0 Å². The molecule has 0 unspecified atom stereocenters. The minimum Gasteiger partial charge on any atom is -0.343 e. The van der Waals surface area contributed by atoms with Gasteiger partial charge in [-0.15, -0.1) is 0 Å². The molecular formula is C18H23FN4O3. The maximum absolute atomic E-state index is 13.3. The molecule has 2 aliphatic heterocycles.